The Balaban J connectivity index is 1.94. The van der Waals surface area contributed by atoms with Crippen molar-refractivity contribution < 1.29 is 9.59 Å². The first kappa shape index (κ1) is 15.0. The lowest BCUT2D eigenvalue weighted by Crippen LogP contribution is -2.30. The van der Waals surface area contributed by atoms with E-state index in [0.717, 1.165) is 25.9 Å². The Bertz CT molecular complexity index is 263. The van der Waals surface area contributed by atoms with Crippen LogP contribution in [0.25, 0.3) is 0 Å². The summed E-state index contributed by atoms with van der Waals surface area (Å²) in [4.78, 5) is 22.2. The molecule has 0 atom stereocenters. The smallest absolute Gasteiger partial charge is 0.220 e. The molecule has 1 aliphatic heterocycles. The van der Waals surface area contributed by atoms with Gasteiger partial charge in [0.25, 0.3) is 0 Å². The van der Waals surface area contributed by atoms with Gasteiger partial charge in [0.2, 0.25) is 11.8 Å². The summed E-state index contributed by atoms with van der Waals surface area (Å²) >= 11 is 0. The van der Waals surface area contributed by atoms with Crippen LogP contribution in [0.1, 0.15) is 39.0 Å². The van der Waals surface area contributed by atoms with Crippen LogP contribution in [-0.4, -0.2) is 38.0 Å². The van der Waals surface area contributed by atoms with Crippen molar-refractivity contribution in [1.82, 2.24) is 16.0 Å². The average molecular weight is 255 g/mol. The van der Waals surface area contributed by atoms with Crippen molar-refractivity contribution in [3.05, 3.63) is 0 Å². The SMILES string of the molecule is CC(=O)NCCCNC(=O)CCC1CCNCC1. The molecule has 0 aromatic rings. The number of rotatable bonds is 7. The van der Waals surface area contributed by atoms with Gasteiger partial charge in [0, 0.05) is 26.4 Å². The van der Waals surface area contributed by atoms with Crippen molar-refractivity contribution in [2.24, 2.45) is 5.92 Å². The third-order valence-electron chi connectivity index (χ3n) is 3.29. The lowest BCUT2D eigenvalue weighted by atomic mass is 9.93. The van der Waals surface area contributed by atoms with Gasteiger partial charge in [0.15, 0.2) is 0 Å². The van der Waals surface area contributed by atoms with Crippen LogP contribution in [-0.2, 0) is 9.59 Å². The third-order valence-corrected chi connectivity index (χ3v) is 3.29. The van der Waals surface area contributed by atoms with Crippen LogP contribution in [0.15, 0.2) is 0 Å². The molecule has 0 saturated carbocycles. The van der Waals surface area contributed by atoms with Gasteiger partial charge >= 0.3 is 0 Å². The van der Waals surface area contributed by atoms with Gasteiger partial charge in [-0.05, 0) is 44.7 Å². The molecule has 18 heavy (non-hydrogen) atoms. The highest BCUT2D eigenvalue weighted by Crippen LogP contribution is 2.17. The topological polar surface area (TPSA) is 70.2 Å². The summed E-state index contributed by atoms with van der Waals surface area (Å²) in [7, 11) is 0. The molecule has 0 unspecified atom stereocenters. The molecule has 1 fully saturated rings. The maximum absolute atomic E-state index is 11.6. The largest absolute Gasteiger partial charge is 0.356 e. The molecule has 104 valence electrons. The first-order valence-corrected chi connectivity index (χ1v) is 6.90. The molecule has 0 bridgehead atoms. The van der Waals surface area contributed by atoms with Crippen molar-refractivity contribution in [2.45, 2.75) is 39.0 Å². The number of carbonyl (C=O) groups is 2. The minimum atomic E-state index is -0.0211. The Morgan fingerprint density at radius 3 is 2.50 bits per heavy atom. The minimum Gasteiger partial charge on any atom is -0.356 e. The fourth-order valence-corrected chi connectivity index (χ4v) is 2.17. The number of hydrogen-bond donors (Lipinski definition) is 3. The van der Waals surface area contributed by atoms with Crippen LogP contribution in [0.3, 0.4) is 0 Å². The maximum Gasteiger partial charge on any atom is 0.220 e. The molecule has 0 spiro atoms. The summed E-state index contributed by atoms with van der Waals surface area (Å²) < 4.78 is 0. The molecule has 1 aliphatic rings. The molecule has 0 radical (unpaired) electrons. The highest BCUT2D eigenvalue weighted by Gasteiger charge is 2.14. The van der Waals surface area contributed by atoms with Gasteiger partial charge in [-0.25, -0.2) is 0 Å². The van der Waals surface area contributed by atoms with Crippen LogP contribution in [0.5, 0.6) is 0 Å². The third kappa shape index (κ3) is 7.27. The predicted octanol–water partition coefficient (Wildman–Crippen LogP) is 0.409. The maximum atomic E-state index is 11.6. The van der Waals surface area contributed by atoms with Gasteiger partial charge in [0.05, 0.1) is 0 Å². The second-order valence-corrected chi connectivity index (χ2v) is 4.92. The van der Waals surface area contributed by atoms with E-state index in [1.807, 2.05) is 0 Å². The van der Waals surface area contributed by atoms with E-state index in [0.29, 0.717) is 25.4 Å². The summed E-state index contributed by atoms with van der Waals surface area (Å²) in [5.74, 6) is 0.819. The summed E-state index contributed by atoms with van der Waals surface area (Å²) in [5, 5.41) is 8.92. The highest BCUT2D eigenvalue weighted by atomic mass is 16.2. The van der Waals surface area contributed by atoms with Gasteiger partial charge in [-0.3, -0.25) is 9.59 Å². The van der Waals surface area contributed by atoms with Crippen LogP contribution in [0, 0.1) is 5.92 Å². The second-order valence-electron chi connectivity index (χ2n) is 4.92. The summed E-state index contributed by atoms with van der Waals surface area (Å²) in [6.45, 7) is 4.94. The lowest BCUT2D eigenvalue weighted by Gasteiger charge is -2.22. The van der Waals surface area contributed by atoms with Crippen molar-refractivity contribution in [2.75, 3.05) is 26.2 Å². The van der Waals surface area contributed by atoms with Crippen LogP contribution in [0.2, 0.25) is 0 Å². The molecular formula is C13H25N3O2. The molecule has 0 aromatic heterocycles. The standard InChI is InChI=1S/C13H25N3O2/c1-11(17)15-7-2-8-16-13(18)4-3-12-5-9-14-10-6-12/h12,14H,2-10H2,1H3,(H,15,17)(H,16,18). The summed E-state index contributed by atoms with van der Waals surface area (Å²) in [5.41, 5.74) is 0. The average Bonchev–Trinajstić information content (AvgIpc) is 2.37. The molecule has 0 aromatic carbocycles. The van der Waals surface area contributed by atoms with Gasteiger partial charge in [-0.15, -0.1) is 0 Å². The van der Waals surface area contributed by atoms with Crippen LogP contribution in [0.4, 0.5) is 0 Å². The van der Waals surface area contributed by atoms with Crippen LogP contribution >= 0.6 is 0 Å². The van der Waals surface area contributed by atoms with Gasteiger partial charge < -0.3 is 16.0 Å². The minimum absolute atomic E-state index is 0.0211. The molecule has 1 saturated heterocycles. The second kappa shape index (κ2) is 8.91. The zero-order valence-corrected chi connectivity index (χ0v) is 11.3. The van der Waals surface area contributed by atoms with Gasteiger partial charge in [-0.1, -0.05) is 0 Å². The van der Waals surface area contributed by atoms with E-state index < -0.39 is 0 Å². The normalized spacial score (nSPS) is 16.3. The van der Waals surface area contributed by atoms with E-state index in [2.05, 4.69) is 16.0 Å². The van der Waals surface area contributed by atoms with E-state index in [4.69, 9.17) is 0 Å². The van der Waals surface area contributed by atoms with E-state index in [9.17, 15) is 9.59 Å². The fraction of sp³-hybridized carbons (Fsp3) is 0.846. The lowest BCUT2D eigenvalue weighted by molar-refractivity contribution is -0.121. The van der Waals surface area contributed by atoms with Crippen LogP contribution < -0.4 is 16.0 Å². The predicted molar refractivity (Wildman–Crippen MR) is 71.1 cm³/mol. The quantitative estimate of drug-likeness (QED) is 0.577. The van der Waals surface area contributed by atoms with E-state index >= 15 is 0 Å². The number of hydrogen-bond acceptors (Lipinski definition) is 3. The van der Waals surface area contributed by atoms with Crippen molar-refractivity contribution >= 4 is 11.8 Å². The van der Waals surface area contributed by atoms with Crippen molar-refractivity contribution in [1.29, 1.82) is 0 Å². The molecule has 5 heteroatoms. The van der Waals surface area contributed by atoms with Gasteiger partial charge in [0.1, 0.15) is 0 Å². The molecule has 2 amide bonds. The molecule has 5 nitrogen and oxygen atoms in total. The van der Waals surface area contributed by atoms with Crippen molar-refractivity contribution in [3.63, 3.8) is 0 Å². The van der Waals surface area contributed by atoms with E-state index in [1.165, 1.54) is 19.8 Å². The fourth-order valence-electron chi connectivity index (χ4n) is 2.17. The first-order valence-electron chi connectivity index (χ1n) is 6.90. The summed E-state index contributed by atoms with van der Waals surface area (Å²) in [6.07, 6.45) is 4.80. The zero-order valence-electron chi connectivity index (χ0n) is 11.3. The molecule has 3 N–H and O–H groups in total. The number of carbonyl (C=O) groups excluding carboxylic acids is 2. The van der Waals surface area contributed by atoms with Gasteiger partial charge in [-0.2, -0.15) is 0 Å². The number of piperidine rings is 1. The first-order chi connectivity index (χ1) is 8.68. The molecule has 1 rings (SSSR count). The summed E-state index contributed by atoms with van der Waals surface area (Å²) in [6, 6.07) is 0. The van der Waals surface area contributed by atoms with E-state index in [1.54, 1.807) is 0 Å². The Kier molecular flexibility index (Phi) is 7.41. The zero-order chi connectivity index (χ0) is 13.2. The highest BCUT2D eigenvalue weighted by molar-refractivity contribution is 5.75. The Morgan fingerprint density at radius 1 is 1.17 bits per heavy atom. The molecule has 0 aliphatic carbocycles. The molecule has 1 heterocycles. The van der Waals surface area contributed by atoms with Crippen molar-refractivity contribution in [3.8, 4) is 0 Å². The Labute approximate surface area is 109 Å². The number of nitrogens with one attached hydrogen (secondary N) is 3. The molecular weight excluding hydrogens is 230 g/mol. The monoisotopic (exact) mass is 255 g/mol. The van der Waals surface area contributed by atoms with E-state index in [-0.39, 0.29) is 11.8 Å². The Hall–Kier alpha value is -1.10. The number of amides is 2. The Morgan fingerprint density at radius 2 is 1.83 bits per heavy atom.